The number of hydrogen-bond donors (Lipinski definition) is 3. The maximum Gasteiger partial charge on any atom is 0.305 e. The van der Waals surface area contributed by atoms with Gasteiger partial charge in [0.05, 0.1) is 25.4 Å². The lowest BCUT2D eigenvalue weighted by atomic mass is 10.0. The minimum Gasteiger partial charge on any atom is -0.466 e. The van der Waals surface area contributed by atoms with Crippen molar-refractivity contribution >= 4 is 11.9 Å². The monoisotopic (exact) mass is 1150 g/mol. The number of aliphatic hydroxyl groups is 2. The van der Waals surface area contributed by atoms with Crippen molar-refractivity contribution in [2.24, 2.45) is 0 Å². The van der Waals surface area contributed by atoms with E-state index in [9.17, 15) is 19.8 Å². The van der Waals surface area contributed by atoms with Gasteiger partial charge >= 0.3 is 5.97 Å². The highest BCUT2D eigenvalue weighted by atomic mass is 16.5. The summed E-state index contributed by atoms with van der Waals surface area (Å²) in [5.74, 6) is -0.0400. The lowest BCUT2D eigenvalue weighted by Gasteiger charge is -2.20. The zero-order chi connectivity index (χ0) is 59.2. The van der Waals surface area contributed by atoms with Crippen molar-refractivity contribution in [2.45, 2.75) is 437 Å². The highest BCUT2D eigenvalue weighted by Crippen LogP contribution is 2.19. The second kappa shape index (κ2) is 71.8. The Morgan fingerprint density at radius 1 is 0.329 bits per heavy atom. The molecule has 3 N–H and O–H groups in total. The zero-order valence-corrected chi connectivity index (χ0v) is 55.8. The summed E-state index contributed by atoms with van der Waals surface area (Å²) in [6.07, 6.45) is 91.4. The molecule has 486 valence electrons. The molecule has 0 aliphatic rings. The largest absolute Gasteiger partial charge is 0.466 e. The number of rotatable bonds is 71. The standard InChI is InChI=1S/C76H147NO5/c1-3-5-7-9-11-13-15-17-18-19-35-38-41-45-48-52-56-60-64-68-74(79)73(72-78)77-75(80)69-65-61-57-53-49-46-42-39-36-33-31-29-27-25-23-21-20-22-24-26-28-30-32-34-37-40-43-47-51-55-59-63-67-71-82-76(81)70-66-62-58-54-50-44-16-14-12-10-8-6-4-2/h24,26,64,68,73-74,78-79H,3-23,25,27-63,65-67,69-72H2,1-2H3,(H,77,80)/b26-24-,68-64+. The van der Waals surface area contributed by atoms with Crippen molar-refractivity contribution in [3.8, 4) is 0 Å². The van der Waals surface area contributed by atoms with Crippen LogP contribution in [0, 0.1) is 0 Å². The van der Waals surface area contributed by atoms with Crippen molar-refractivity contribution < 1.29 is 24.5 Å². The van der Waals surface area contributed by atoms with Crippen LogP contribution >= 0.6 is 0 Å². The van der Waals surface area contributed by atoms with Gasteiger partial charge in [-0.15, -0.1) is 0 Å². The van der Waals surface area contributed by atoms with Crippen molar-refractivity contribution in [3.05, 3.63) is 24.3 Å². The summed E-state index contributed by atoms with van der Waals surface area (Å²) in [5.41, 5.74) is 0. The molecule has 0 rings (SSSR count). The van der Waals surface area contributed by atoms with E-state index in [2.05, 4.69) is 31.3 Å². The van der Waals surface area contributed by atoms with Crippen LogP contribution in [0.15, 0.2) is 24.3 Å². The summed E-state index contributed by atoms with van der Waals surface area (Å²) in [6.45, 7) is 4.95. The molecule has 1 amide bonds. The third-order valence-corrected chi connectivity index (χ3v) is 17.7. The summed E-state index contributed by atoms with van der Waals surface area (Å²) >= 11 is 0. The normalized spacial score (nSPS) is 12.6. The first-order valence-electron chi connectivity index (χ1n) is 37.6. The number of ether oxygens (including phenoxy) is 1. The Bertz CT molecular complexity index is 1280. The first kappa shape index (κ1) is 80.3. The van der Waals surface area contributed by atoms with E-state index in [1.54, 1.807) is 6.08 Å². The average Bonchev–Trinajstić information content (AvgIpc) is 3.48. The minimum atomic E-state index is -0.843. The molecule has 0 spiro atoms. The van der Waals surface area contributed by atoms with E-state index in [1.807, 2.05) is 6.08 Å². The number of amides is 1. The van der Waals surface area contributed by atoms with E-state index < -0.39 is 12.1 Å². The molecule has 6 heteroatoms. The fourth-order valence-corrected chi connectivity index (χ4v) is 12.0. The van der Waals surface area contributed by atoms with Crippen LogP contribution in [0.1, 0.15) is 425 Å². The van der Waals surface area contributed by atoms with Gasteiger partial charge in [-0.05, 0) is 57.8 Å². The Morgan fingerprint density at radius 2 is 0.573 bits per heavy atom. The van der Waals surface area contributed by atoms with Crippen LogP contribution in [0.3, 0.4) is 0 Å². The SMILES string of the molecule is CCCCCCCCCCCCCCCCCCC/C=C/C(O)C(CO)NC(=O)CCCCCCCCCCCCCCCCCCC/C=C\CCCCCCCCCCCCCCOC(=O)CCCCCCCCCCCCCCC. The van der Waals surface area contributed by atoms with Gasteiger partial charge in [-0.2, -0.15) is 0 Å². The highest BCUT2D eigenvalue weighted by Gasteiger charge is 2.18. The van der Waals surface area contributed by atoms with E-state index in [4.69, 9.17) is 4.74 Å². The molecule has 2 atom stereocenters. The van der Waals surface area contributed by atoms with Gasteiger partial charge in [0.15, 0.2) is 0 Å². The molecule has 0 aromatic carbocycles. The van der Waals surface area contributed by atoms with Crippen LogP contribution in [0.2, 0.25) is 0 Å². The lowest BCUT2D eigenvalue weighted by molar-refractivity contribution is -0.143. The number of unbranched alkanes of at least 4 members (excludes halogenated alkanes) is 58. The Kier molecular flexibility index (Phi) is 70.4. The number of carbonyl (C=O) groups is 2. The van der Waals surface area contributed by atoms with E-state index >= 15 is 0 Å². The molecular formula is C76H147NO5. The van der Waals surface area contributed by atoms with E-state index in [1.165, 1.54) is 360 Å². The average molecular weight is 1160 g/mol. The van der Waals surface area contributed by atoms with Gasteiger partial charge in [0.1, 0.15) is 0 Å². The van der Waals surface area contributed by atoms with Crippen LogP contribution in [-0.2, 0) is 14.3 Å². The lowest BCUT2D eigenvalue weighted by Crippen LogP contribution is -2.45. The van der Waals surface area contributed by atoms with Crippen molar-refractivity contribution in [1.82, 2.24) is 5.32 Å². The molecule has 82 heavy (non-hydrogen) atoms. The van der Waals surface area contributed by atoms with Gasteiger partial charge in [0, 0.05) is 12.8 Å². The molecule has 0 saturated heterocycles. The molecule has 0 aliphatic heterocycles. The van der Waals surface area contributed by atoms with Crippen molar-refractivity contribution in [3.63, 3.8) is 0 Å². The second-order valence-electron chi connectivity index (χ2n) is 26.0. The number of hydrogen-bond acceptors (Lipinski definition) is 5. The second-order valence-corrected chi connectivity index (χ2v) is 26.0. The van der Waals surface area contributed by atoms with Gasteiger partial charge in [0.25, 0.3) is 0 Å². The first-order valence-corrected chi connectivity index (χ1v) is 37.6. The van der Waals surface area contributed by atoms with Gasteiger partial charge < -0.3 is 20.3 Å². The van der Waals surface area contributed by atoms with Crippen LogP contribution in [0.5, 0.6) is 0 Å². The Morgan fingerprint density at radius 3 is 0.866 bits per heavy atom. The zero-order valence-electron chi connectivity index (χ0n) is 55.8. The van der Waals surface area contributed by atoms with E-state index in [0.29, 0.717) is 19.4 Å². The van der Waals surface area contributed by atoms with Crippen molar-refractivity contribution in [2.75, 3.05) is 13.2 Å². The summed E-state index contributed by atoms with van der Waals surface area (Å²) in [4.78, 5) is 24.6. The van der Waals surface area contributed by atoms with Crippen LogP contribution in [-0.4, -0.2) is 47.4 Å². The van der Waals surface area contributed by atoms with Gasteiger partial charge in [0.2, 0.25) is 5.91 Å². The molecule has 0 aromatic rings. The molecule has 2 unspecified atom stereocenters. The number of nitrogens with one attached hydrogen (secondary N) is 1. The summed E-state index contributed by atoms with van der Waals surface area (Å²) in [7, 11) is 0. The molecular weight excluding hydrogens is 1010 g/mol. The fourth-order valence-electron chi connectivity index (χ4n) is 12.0. The molecule has 0 radical (unpaired) electrons. The van der Waals surface area contributed by atoms with Crippen LogP contribution < -0.4 is 5.32 Å². The van der Waals surface area contributed by atoms with Gasteiger partial charge in [-0.1, -0.05) is 378 Å². The molecule has 0 aromatic heterocycles. The maximum atomic E-state index is 12.5. The Balaban J connectivity index is 3.36. The predicted octanol–water partition coefficient (Wildman–Crippen LogP) is 24.5. The van der Waals surface area contributed by atoms with Crippen molar-refractivity contribution in [1.29, 1.82) is 0 Å². The van der Waals surface area contributed by atoms with E-state index in [0.717, 1.165) is 38.5 Å². The third kappa shape index (κ3) is 67.5. The fraction of sp³-hybridized carbons (Fsp3) is 0.921. The Hall–Kier alpha value is -1.66. The summed E-state index contributed by atoms with van der Waals surface area (Å²) in [6, 6.07) is -0.626. The predicted molar refractivity (Wildman–Crippen MR) is 361 cm³/mol. The van der Waals surface area contributed by atoms with Gasteiger partial charge in [-0.3, -0.25) is 9.59 Å². The summed E-state index contributed by atoms with van der Waals surface area (Å²) in [5, 5.41) is 23.2. The molecule has 0 saturated carbocycles. The molecule has 0 heterocycles. The molecule has 6 nitrogen and oxygen atoms in total. The molecule has 0 bridgehead atoms. The minimum absolute atomic E-state index is 0.0207. The quantitative estimate of drug-likeness (QED) is 0.0320. The van der Waals surface area contributed by atoms with E-state index in [-0.39, 0.29) is 18.5 Å². The maximum absolute atomic E-state index is 12.5. The van der Waals surface area contributed by atoms with Crippen LogP contribution in [0.4, 0.5) is 0 Å². The van der Waals surface area contributed by atoms with Crippen LogP contribution in [0.25, 0.3) is 0 Å². The van der Waals surface area contributed by atoms with Gasteiger partial charge in [-0.25, -0.2) is 0 Å². The number of esters is 1. The number of carbonyl (C=O) groups excluding carboxylic acids is 2. The number of aliphatic hydroxyl groups excluding tert-OH is 2. The molecule has 0 fully saturated rings. The number of allylic oxidation sites excluding steroid dienone is 3. The highest BCUT2D eigenvalue weighted by molar-refractivity contribution is 5.76. The third-order valence-electron chi connectivity index (χ3n) is 17.7. The topological polar surface area (TPSA) is 95.9 Å². The Labute approximate surface area is 513 Å². The smallest absolute Gasteiger partial charge is 0.305 e. The first-order chi connectivity index (χ1) is 40.5. The summed E-state index contributed by atoms with van der Waals surface area (Å²) < 4.78 is 5.49. The molecule has 0 aliphatic carbocycles.